The summed E-state index contributed by atoms with van der Waals surface area (Å²) in [5.41, 5.74) is 2.35. The highest BCUT2D eigenvalue weighted by Crippen LogP contribution is 2.69. The first-order chi connectivity index (χ1) is 11.6. The van der Waals surface area contributed by atoms with E-state index in [9.17, 15) is 16.8 Å². The zero-order chi connectivity index (χ0) is 18.0. The van der Waals surface area contributed by atoms with Crippen molar-refractivity contribution in [3.05, 3.63) is 47.5 Å². The molecule has 2 unspecified atom stereocenters. The number of rotatable bonds is 4. The Hall–Kier alpha value is -0.870. The highest BCUT2D eigenvalue weighted by molar-refractivity contribution is 8.00. The predicted octanol–water partition coefficient (Wildman–Crippen LogP) is 2.02. The molecule has 1 aromatic carbocycles. The second kappa shape index (κ2) is 5.82. The molecule has 0 N–H and O–H groups in total. The van der Waals surface area contributed by atoms with Crippen LogP contribution in [0.25, 0.3) is 0 Å². The molecule has 3 aliphatic rings. The van der Waals surface area contributed by atoms with Crippen molar-refractivity contribution in [2.45, 2.75) is 22.7 Å². The van der Waals surface area contributed by atoms with Gasteiger partial charge in [-0.25, -0.2) is 0 Å². The van der Waals surface area contributed by atoms with E-state index in [0.29, 0.717) is 0 Å². The zero-order valence-electron chi connectivity index (χ0n) is 13.6. The van der Waals surface area contributed by atoms with Crippen LogP contribution >= 0.6 is 11.8 Å². The van der Waals surface area contributed by atoms with E-state index in [4.69, 9.17) is 8.37 Å². The molecule has 1 aliphatic carbocycles. The molecule has 0 radical (unpaired) electrons. The summed E-state index contributed by atoms with van der Waals surface area (Å²) in [6.45, 7) is 0. The summed E-state index contributed by atoms with van der Waals surface area (Å²) < 4.78 is 57.3. The minimum atomic E-state index is -3.63. The van der Waals surface area contributed by atoms with Crippen molar-refractivity contribution in [2.24, 2.45) is 11.8 Å². The van der Waals surface area contributed by atoms with E-state index in [-0.39, 0.29) is 22.3 Å². The summed E-state index contributed by atoms with van der Waals surface area (Å²) in [6.07, 6.45) is 4.08. The lowest BCUT2D eigenvalue weighted by Crippen LogP contribution is -2.43. The third-order valence-corrected chi connectivity index (χ3v) is 7.73. The topological polar surface area (TPSA) is 86.7 Å². The van der Waals surface area contributed by atoms with Gasteiger partial charge in [-0.2, -0.15) is 16.8 Å². The summed E-state index contributed by atoms with van der Waals surface area (Å²) in [5, 5.41) is 0.127. The van der Waals surface area contributed by atoms with Gasteiger partial charge in [0.2, 0.25) is 0 Å². The van der Waals surface area contributed by atoms with E-state index in [2.05, 4.69) is 0 Å². The summed E-state index contributed by atoms with van der Waals surface area (Å²) in [7, 11) is -7.26. The van der Waals surface area contributed by atoms with Gasteiger partial charge in [-0.15, -0.1) is 11.8 Å². The van der Waals surface area contributed by atoms with Gasteiger partial charge in [0.1, 0.15) is 0 Å². The van der Waals surface area contributed by atoms with E-state index in [1.807, 2.05) is 24.3 Å². The second-order valence-electron chi connectivity index (χ2n) is 6.68. The average molecular weight is 403 g/mol. The monoisotopic (exact) mass is 402 g/mol. The average Bonchev–Trinajstić information content (AvgIpc) is 3.05. The second-order valence-corrected chi connectivity index (χ2v) is 11.2. The standard InChI is InChI=1S/C16H18O6S3/c1-24(17,18)21-11-7-8-12(22-25(2,19)20)14-13(11)15-9-5-3-4-6-10(9)16(14)23-15/h3-8,11-16H,1-2H3/t11-,12+,13?,14?,15+,16-. The molecular formula is C16H18O6S3. The molecule has 2 bridgehead atoms. The van der Waals surface area contributed by atoms with E-state index in [1.165, 1.54) is 11.1 Å². The smallest absolute Gasteiger partial charge is 0.262 e. The molecule has 0 saturated carbocycles. The predicted molar refractivity (Wildman–Crippen MR) is 95.1 cm³/mol. The van der Waals surface area contributed by atoms with Crippen LogP contribution in [0.5, 0.6) is 0 Å². The fraction of sp³-hybridized carbons (Fsp3) is 0.500. The van der Waals surface area contributed by atoms with Crippen LogP contribution in [0.2, 0.25) is 0 Å². The molecule has 1 saturated heterocycles. The van der Waals surface area contributed by atoms with Gasteiger partial charge < -0.3 is 0 Å². The number of fused-ring (bicyclic) bond motifs is 8. The van der Waals surface area contributed by atoms with Gasteiger partial charge >= 0.3 is 0 Å². The van der Waals surface area contributed by atoms with Gasteiger partial charge in [-0.05, 0) is 11.1 Å². The lowest BCUT2D eigenvalue weighted by molar-refractivity contribution is 0.0634. The van der Waals surface area contributed by atoms with Crippen LogP contribution in [-0.4, -0.2) is 41.6 Å². The van der Waals surface area contributed by atoms with Crippen molar-refractivity contribution in [1.29, 1.82) is 0 Å². The van der Waals surface area contributed by atoms with Crippen LogP contribution < -0.4 is 0 Å². The molecule has 0 aromatic heterocycles. The Labute approximate surface area is 151 Å². The fourth-order valence-corrected chi connectivity index (χ4v) is 7.45. The lowest BCUT2D eigenvalue weighted by atomic mass is 9.68. The first-order valence-corrected chi connectivity index (χ1v) is 12.4. The Balaban J connectivity index is 1.77. The van der Waals surface area contributed by atoms with E-state index in [0.717, 1.165) is 12.5 Å². The Morgan fingerprint density at radius 3 is 1.56 bits per heavy atom. The molecule has 6 atom stereocenters. The largest absolute Gasteiger partial charge is 0.264 e. The minimum absolute atomic E-state index is 0.0635. The van der Waals surface area contributed by atoms with Crippen molar-refractivity contribution < 1.29 is 25.2 Å². The molecule has 1 aromatic rings. The summed E-state index contributed by atoms with van der Waals surface area (Å²) in [4.78, 5) is 0. The fourth-order valence-electron chi connectivity index (χ4n) is 4.19. The lowest BCUT2D eigenvalue weighted by Gasteiger charge is -2.40. The Morgan fingerprint density at radius 2 is 1.20 bits per heavy atom. The molecule has 1 fully saturated rings. The highest BCUT2D eigenvalue weighted by Gasteiger charge is 2.58. The van der Waals surface area contributed by atoms with Crippen LogP contribution in [0.1, 0.15) is 21.6 Å². The molecule has 0 amide bonds. The van der Waals surface area contributed by atoms with Crippen molar-refractivity contribution in [2.75, 3.05) is 12.5 Å². The molecule has 2 heterocycles. The Morgan fingerprint density at radius 1 is 0.800 bits per heavy atom. The molecular weight excluding hydrogens is 384 g/mol. The van der Waals surface area contributed by atoms with Crippen molar-refractivity contribution in [3.63, 3.8) is 0 Å². The number of hydrogen-bond acceptors (Lipinski definition) is 7. The van der Waals surface area contributed by atoms with Crippen LogP contribution in [0.3, 0.4) is 0 Å². The van der Waals surface area contributed by atoms with Crippen molar-refractivity contribution in [1.82, 2.24) is 0 Å². The van der Waals surface area contributed by atoms with Crippen molar-refractivity contribution in [3.8, 4) is 0 Å². The summed E-state index contributed by atoms with van der Waals surface area (Å²) in [6, 6.07) is 8.02. The number of hydrogen-bond donors (Lipinski definition) is 0. The molecule has 6 nitrogen and oxygen atoms in total. The van der Waals surface area contributed by atoms with E-state index in [1.54, 1.807) is 23.9 Å². The maximum atomic E-state index is 11.7. The normalized spacial score (nSPS) is 36.2. The maximum Gasteiger partial charge on any atom is 0.264 e. The van der Waals surface area contributed by atoms with Gasteiger partial charge in [0.15, 0.2) is 0 Å². The Kier molecular flexibility index (Phi) is 4.08. The van der Waals surface area contributed by atoms with Crippen LogP contribution in [0.4, 0.5) is 0 Å². The molecule has 9 heteroatoms. The molecule has 4 rings (SSSR count). The van der Waals surface area contributed by atoms with E-state index < -0.39 is 32.4 Å². The van der Waals surface area contributed by atoms with Gasteiger partial charge in [0.05, 0.1) is 24.7 Å². The first-order valence-electron chi connectivity index (χ1n) is 7.83. The summed E-state index contributed by atoms with van der Waals surface area (Å²) >= 11 is 1.74. The minimum Gasteiger partial charge on any atom is -0.262 e. The third-order valence-electron chi connectivity index (χ3n) is 4.87. The molecule has 2 aliphatic heterocycles. The van der Waals surface area contributed by atoms with Crippen LogP contribution in [0, 0.1) is 11.8 Å². The quantitative estimate of drug-likeness (QED) is 0.562. The number of thioether (sulfide) groups is 1. The van der Waals surface area contributed by atoms with Crippen LogP contribution in [-0.2, 0) is 28.6 Å². The first kappa shape index (κ1) is 17.5. The molecule has 136 valence electrons. The molecule has 25 heavy (non-hydrogen) atoms. The maximum absolute atomic E-state index is 11.7. The SMILES string of the molecule is CS(=O)(=O)O[C@H]1C=C[C@@H](OS(C)(=O)=O)C2C1[C@@H]1S[C@H]2c2ccccc21. The summed E-state index contributed by atoms with van der Waals surface area (Å²) in [5.74, 6) is -0.312. The zero-order valence-corrected chi connectivity index (χ0v) is 16.1. The highest BCUT2D eigenvalue weighted by atomic mass is 32.2. The van der Waals surface area contributed by atoms with Crippen molar-refractivity contribution >= 4 is 32.0 Å². The van der Waals surface area contributed by atoms with Gasteiger partial charge in [-0.3, -0.25) is 8.37 Å². The van der Waals surface area contributed by atoms with Crippen LogP contribution in [0.15, 0.2) is 36.4 Å². The van der Waals surface area contributed by atoms with Gasteiger partial charge in [0.25, 0.3) is 20.2 Å². The van der Waals surface area contributed by atoms with Gasteiger partial charge in [0, 0.05) is 22.3 Å². The molecule has 0 spiro atoms. The Bertz CT molecular complexity index is 861. The van der Waals surface area contributed by atoms with E-state index >= 15 is 0 Å². The third kappa shape index (κ3) is 3.16. The number of benzene rings is 1. The van der Waals surface area contributed by atoms with Gasteiger partial charge in [-0.1, -0.05) is 36.4 Å².